The number of hydrogen-bond acceptors (Lipinski definition) is 6. The van der Waals surface area contributed by atoms with Crippen molar-refractivity contribution >= 4 is 5.90 Å². The maximum atomic E-state index is 5.72. The number of rotatable bonds is 3. The molecule has 0 N–H and O–H groups in total. The lowest BCUT2D eigenvalue weighted by Crippen LogP contribution is -2.15. The van der Waals surface area contributed by atoms with E-state index in [0.717, 1.165) is 22.3 Å². The van der Waals surface area contributed by atoms with Gasteiger partial charge >= 0.3 is 0 Å². The zero-order valence-corrected chi connectivity index (χ0v) is 14.3. The zero-order valence-electron chi connectivity index (χ0n) is 14.3. The normalized spacial score (nSPS) is 16.7. The van der Waals surface area contributed by atoms with Gasteiger partial charge in [-0.2, -0.15) is 0 Å². The number of hydrogen-bond donors (Lipinski definition) is 0. The number of hydrazone groups is 1. The van der Waals surface area contributed by atoms with Crippen LogP contribution in [0.1, 0.15) is 24.6 Å². The first kappa shape index (κ1) is 15.4. The van der Waals surface area contributed by atoms with Crippen LogP contribution < -0.4 is 0 Å². The molecule has 0 radical (unpaired) electrons. The van der Waals surface area contributed by atoms with Crippen LogP contribution in [0.25, 0.3) is 22.6 Å². The summed E-state index contributed by atoms with van der Waals surface area (Å²) in [5.74, 6) is 1.78. The van der Waals surface area contributed by atoms with Crippen molar-refractivity contribution in [1.29, 1.82) is 0 Å². The molecule has 25 heavy (non-hydrogen) atoms. The molecule has 0 amide bonds. The van der Waals surface area contributed by atoms with Crippen molar-refractivity contribution in [2.45, 2.75) is 20.1 Å². The minimum atomic E-state index is -0.155. The molecule has 1 aliphatic heterocycles. The Hall–Kier alpha value is -3.15. The lowest BCUT2D eigenvalue weighted by Gasteiger charge is -2.18. The largest absolute Gasteiger partial charge is 0.450 e. The van der Waals surface area contributed by atoms with Gasteiger partial charge in [0, 0.05) is 32.0 Å². The Labute approximate surface area is 145 Å². The van der Waals surface area contributed by atoms with Gasteiger partial charge in [0.1, 0.15) is 0 Å². The molecule has 1 aromatic heterocycles. The Bertz CT molecular complexity index is 913. The SMILES string of the molecule is CC1=NN(C)C(c2ccc(-c3ccc(-c4nnc(C)o4)cc3)cc2)O1. The third kappa shape index (κ3) is 2.98. The van der Waals surface area contributed by atoms with Crippen molar-refractivity contribution in [3.63, 3.8) is 0 Å². The fraction of sp³-hybridized carbons (Fsp3) is 0.211. The van der Waals surface area contributed by atoms with Crippen LogP contribution in [0.5, 0.6) is 0 Å². The van der Waals surface area contributed by atoms with Crippen LogP contribution in [0.3, 0.4) is 0 Å². The Kier molecular flexibility index (Phi) is 3.72. The molecule has 4 rings (SSSR count). The average molecular weight is 334 g/mol. The first-order valence-electron chi connectivity index (χ1n) is 8.06. The first-order valence-corrected chi connectivity index (χ1v) is 8.06. The number of nitrogens with zero attached hydrogens (tertiary/aromatic N) is 4. The number of aromatic nitrogens is 2. The second-order valence-electron chi connectivity index (χ2n) is 5.99. The lowest BCUT2D eigenvalue weighted by molar-refractivity contribution is 0.0771. The molecule has 0 aliphatic carbocycles. The smallest absolute Gasteiger partial charge is 0.247 e. The van der Waals surface area contributed by atoms with Crippen molar-refractivity contribution in [2.75, 3.05) is 7.05 Å². The summed E-state index contributed by atoms with van der Waals surface area (Å²) in [5, 5.41) is 14.0. The summed E-state index contributed by atoms with van der Waals surface area (Å²) in [7, 11) is 1.91. The summed E-state index contributed by atoms with van der Waals surface area (Å²) >= 11 is 0. The van der Waals surface area contributed by atoms with E-state index in [1.807, 2.05) is 31.1 Å². The van der Waals surface area contributed by atoms with Crippen molar-refractivity contribution < 1.29 is 9.15 Å². The molecule has 1 aliphatic rings. The van der Waals surface area contributed by atoms with Crippen LogP contribution in [-0.4, -0.2) is 28.2 Å². The van der Waals surface area contributed by atoms with Gasteiger partial charge in [-0.15, -0.1) is 15.3 Å². The van der Waals surface area contributed by atoms with Gasteiger partial charge in [0.05, 0.1) is 0 Å². The van der Waals surface area contributed by atoms with Gasteiger partial charge in [-0.05, 0) is 23.3 Å². The molecule has 126 valence electrons. The van der Waals surface area contributed by atoms with E-state index in [2.05, 4.69) is 51.7 Å². The van der Waals surface area contributed by atoms with Gasteiger partial charge in [0.2, 0.25) is 23.9 Å². The van der Waals surface area contributed by atoms with Crippen molar-refractivity contribution in [3.8, 4) is 22.6 Å². The van der Waals surface area contributed by atoms with E-state index in [0.29, 0.717) is 17.7 Å². The van der Waals surface area contributed by atoms with Crippen LogP contribution in [0.4, 0.5) is 0 Å². The highest BCUT2D eigenvalue weighted by molar-refractivity contribution is 5.74. The number of ether oxygens (including phenoxy) is 1. The van der Waals surface area contributed by atoms with Gasteiger partial charge < -0.3 is 9.15 Å². The van der Waals surface area contributed by atoms with E-state index in [4.69, 9.17) is 9.15 Å². The molecule has 2 heterocycles. The Morgan fingerprint density at radius 1 is 0.840 bits per heavy atom. The van der Waals surface area contributed by atoms with Gasteiger partial charge in [-0.25, -0.2) is 0 Å². The molecule has 0 saturated carbocycles. The molecular formula is C19H18N4O2. The summed E-state index contributed by atoms with van der Waals surface area (Å²) < 4.78 is 11.2. The molecule has 0 spiro atoms. The molecule has 3 aromatic rings. The lowest BCUT2D eigenvalue weighted by atomic mass is 10.0. The molecule has 0 bridgehead atoms. The van der Waals surface area contributed by atoms with E-state index in [1.165, 1.54) is 0 Å². The van der Waals surface area contributed by atoms with E-state index >= 15 is 0 Å². The molecule has 0 saturated heterocycles. The van der Waals surface area contributed by atoms with Crippen LogP contribution in [-0.2, 0) is 4.74 Å². The summed E-state index contributed by atoms with van der Waals surface area (Å²) in [4.78, 5) is 0. The van der Waals surface area contributed by atoms with E-state index < -0.39 is 0 Å². The highest BCUT2D eigenvalue weighted by Crippen LogP contribution is 2.29. The minimum absolute atomic E-state index is 0.155. The second-order valence-corrected chi connectivity index (χ2v) is 5.99. The van der Waals surface area contributed by atoms with E-state index in [1.54, 1.807) is 6.92 Å². The first-order chi connectivity index (χ1) is 12.1. The predicted molar refractivity (Wildman–Crippen MR) is 94.6 cm³/mol. The topological polar surface area (TPSA) is 63.8 Å². The van der Waals surface area contributed by atoms with Crippen LogP contribution >= 0.6 is 0 Å². The highest BCUT2D eigenvalue weighted by Gasteiger charge is 2.24. The fourth-order valence-corrected chi connectivity index (χ4v) is 2.88. The highest BCUT2D eigenvalue weighted by atomic mass is 16.5. The van der Waals surface area contributed by atoms with Crippen LogP contribution in [0.2, 0.25) is 0 Å². The second kappa shape index (κ2) is 6.05. The molecular weight excluding hydrogens is 316 g/mol. The van der Waals surface area contributed by atoms with E-state index in [-0.39, 0.29) is 6.23 Å². The van der Waals surface area contributed by atoms with Crippen LogP contribution in [0.15, 0.2) is 58.0 Å². The standard InChI is InChI=1S/C19H18N4O2/c1-12-20-21-18(24-12)16-8-4-14(5-9-16)15-6-10-17(11-7-15)19-23(3)22-13(2)25-19/h4-11,19H,1-3H3. The molecule has 6 nitrogen and oxygen atoms in total. The maximum absolute atomic E-state index is 5.72. The summed E-state index contributed by atoms with van der Waals surface area (Å²) in [6.45, 7) is 3.64. The van der Waals surface area contributed by atoms with Crippen molar-refractivity contribution in [1.82, 2.24) is 15.2 Å². The summed E-state index contributed by atoms with van der Waals surface area (Å²) in [5.41, 5.74) is 4.24. The maximum Gasteiger partial charge on any atom is 0.247 e. The quantitative estimate of drug-likeness (QED) is 0.724. The van der Waals surface area contributed by atoms with Gasteiger partial charge in [0.25, 0.3) is 0 Å². The third-order valence-corrected chi connectivity index (χ3v) is 4.11. The Morgan fingerprint density at radius 3 is 1.96 bits per heavy atom. The molecule has 2 aromatic carbocycles. The third-order valence-electron chi connectivity index (χ3n) is 4.11. The Balaban J connectivity index is 1.54. The summed E-state index contributed by atoms with van der Waals surface area (Å²) in [6.07, 6.45) is -0.155. The predicted octanol–water partition coefficient (Wildman–Crippen LogP) is 4.01. The Morgan fingerprint density at radius 2 is 1.44 bits per heavy atom. The van der Waals surface area contributed by atoms with Crippen molar-refractivity contribution in [3.05, 3.63) is 60.0 Å². The molecule has 6 heteroatoms. The van der Waals surface area contributed by atoms with E-state index in [9.17, 15) is 0 Å². The number of aryl methyl sites for hydroxylation is 1. The van der Waals surface area contributed by atoms with Gasteiger partial charge in [-0.3, -0.25) is 5.01 Å². The zero-order chi connectivity index (χ0) is 17.4. The average Bonchev–Trinajstić information content (AvgIpc) is 3.20. The van der Waals surface area contributed by atoms with Crippen LogP contribution in [0, 0.1) is 6.92 Å². The molecule has 1 unspecified atom stereocenters. The monoisotopic (exact) mass is 334 g/mol. The van der Waals surface area contributed by atoms with Gasteiger partial charge in [-0.1, -0.05) is 36.4 Å². The summed E-state index contributed by atoms with van der Waals surface area (Å²) in [6, 6.07) is 16.4. The fourth-order valence-electron chi connectivity index (χ4n) is 2.88. The van der Waals surface area contributed by atoms with Crippen molar-refractivity contribution in [2.24, 2.45) is 5.10 Å². The number of benzene rings is 2. The molecule has 1 atom stereocenters. The molecule has 0 fully saturated rings. The minimum Gasteiger partial charge on any atom is -0.450 e. The van der Waals surface area contributed by atoms with Gasteiger partial charge in [0.15, 0.2) is 0 Å².